The molecule has 0 radical (unpaired) electrons. The van der Waals surface area contributed by atoms with Crippen LogP contribution in [0.15, 0.2) is 29.3 Å². The minimum absolute atomic E-state index is 0.0626. The van der Waals surface area contributed by atoms with Gasteiger partial charge in [-0.25, -0.2) is 22.8 Å². The number of hydrogen-bond acceptors (Lipinski definition) is 6. The molecule has 0 bridgehead atoms. The van der Waals surface area contributed by atoms with Gasteiger partial charge in [-0.3, -0.25) is 4.79 Å². The highest BCUT2D eigenvalue weighted by Gasteiger charge is 2.40. The third-order valence-electron chi connectivity index (χ3n) is 5.71. The van der Waals surface area contributed by atoms with Crippen LogP contribution >= 0.6 is 0 Å². The van der Waals surface area contributed by atoms with E-state index in [9.17, 15) is 17.6 Å². The maximum absolute atomic E-state index is 13.5. The van der Waals surface area contributed by atoms with E-state index < -0.39 is 21.9 Å². The zero-order valence-corrected chi connectivity index (χ0v) is 18.4. The fraction of sp³-hybridized carbons (Fsp3) is 0.476. The Balaban J connectivity index is 1.73. The van der Waals surface area contributed by atoms with E-state index in [-0.39, 0.29) is 10.8 Å². The van der Waals surface area contributed by atoms with Crippen LogP contribution in [0.1, 0.15) is 46.3 Å². The van der Waals surface area contributed by atoms with Crippen molar-refractivity contribution >= 4 is 15.9 Å². The molecule has 4 rings (SSSR count). The van der Waals surface area contributed by atoms with Gasteiger partial charge in [-0.1, -0.05) is 0 Å². The Hall–Kier alpha value is -2.43. The molecule has 1 aromatic heterocycles. The van der Waals surface area contributed by atoms with Crippen LogP contribution in [0.25, 0.3) is 0 Å². The number of halogens is 1. The van der Waals surface area contributed by atoms with Gasteiger partial charge in [0.15, 0.2) is 0 Å². The molecule has 3 heterocycles. The van der Waals surface area contributed by atoms with Gasteiger partial charge in [-0.2, -0.15) is 4.31 Å². The Bertz CT molecular complexity index is 1100. The van der Waals surface area contributed by atoms with E-state index in [4.69, 9.17) is 4.74 Å². The summed E-state index contributed by atoms with van der Waals surface area (Å²) < 4.78 is 47.2. The van der Waals surface area contributed by atoms with Crippen LogP contribution in [-0.2, 0) is 14.8 Å². The Morgan fingerprint density at radius 2 is 1.94 bits per heavy atom. The van der Waals surface area contributed by atoms with Crippen LogP contribution in [0.4, 0.5) is 4.39 Å². The third kappa shape index (κ3) is 4.19. The maximum Gasteiger partial charge on any atom is 0.257 e. The van der Waals surface area contributed by atoms with Crippen molar-refractivity contribution in [2.24, 2.45) is 0 Å². The number of sulfonamides is 1. The van der Waals surface area contributed by atoms with Crippen molar-refractivity contribution in [1.82, 2.24) is 19.2 Å². The first kappa shape index (κ1) is 21.8. The van der Waals surface area contributed by atoms with Crippen molar-refractivity contribution in [1.29, 1.82) is 0 Å². The highest BCUT2D eigenvalue weighted by Crippen LogP contribution is 2.38. The molecule has 0 aliphatic carbocycles. The summed E-state index contributed by atoms with van der Waals surface area (Å²) in [4.78, 5) is 23.6. The van der Waals surface area contributed by atoms with Gasteiger partial charge in [0.25, 0.3) is 5.91 Å². The summed E-state index contributed by atoms with van der Waals surface area (Å²) in [5, 5.41) is 0. The lowest BCUT2D eigenvalue weighted by atomic mass is 10.1. The van der Waals surface area contributed by atoms with Crippen molar-refractivity contribution in [3.63, 3.8) is 0 Å². The summed E-state index contributed by atoms with van der Waals surface area (Å²) in [5.41, 5.74) is 1.08. The van der Waals surface area contributed by atoms with E-state index in [1.807, 2.05) is 0 Å². The van der Waals surface area contributed by atoms with Gasteiger partial charge < -0.3 is 9.64 Å². The highest BCUT2D eigenvalue weighted by atomic mass is 32.2. The lowest BCUT2D eigenvalue weighted by Crippen LogP contribution is -2.42. The first-order valence-electron chi connectivity index (χ1n) is 10.3. The largest absolute Gasteiger partial charge is 0.378 e. The second-order valence-corrected chi connectivity index (χ2v) is 9.66. The number of hydrogen-bond donors (Lipinski definition) is 0. The lowest BCUT2D eigenvalue weighted by molar-refractivity contribution is 0.0300. The molecule has 2 aliphatic heterocycles. The number of aryl methyl sites for hydroxylation is 2. The number of amides is 1. The van der Waals surface area contributed by atoms with Crippen molar-refractivity contribution in [3.05, 3.63) is 52.9 Å². The van der Waals surface area contributed by atoms with Gasteiger partial charge in [0.05, 0.1) is 35.4 Å². The Labute approximate surface area is 181 Å². The SMILES string of the molecule is Cc1ncc(C(=O)N2CCOCC2)c([C@H]2CCCN2S(=O)(=O)c2ccc(F)cc2C)n1. The molecule has 2 aliphatic rings. The predicted octanol–water partition coefficient (Wildman–Crippen LogP) is 2.23. The molecule has 166 valence electrons. The molecular formula is C21H25FN4O4S. The number of morpholine rings is 1. The van der Waals surface area contributed by atoms with Crippen LogP contribution in [-0.4, -0.2) is 66.3 Å². The number of aromatic nitrogens is 2. The van der Waals surface area contributed by atoms with Gasteiger partial charge in [-0.05, 0) is 50.5 Å². The number of carbonyl (C=O) groups is 1. The zero-order valence-electron chi connectivity index (χ0n) is 17.5. The average Bonchev–Trinajstić information content (AvgIpc) is 3.24. The quantitative estimate of drug-likeness (QED) is 0.712. The van der Waals surface area contributed by atoms with E-state index in [1.54, 1.807) is 18.7 Å². The minimum atomic E-state index is -3.90. The van der Waals surface area contributed by atoms with E-state index >= 15 is 0 Å². The molecule has 8 nitrogen and oxygen atoms in total. The zero-order chi connectivity index (χ0) is 22.2. The third-order valence-corrected chi connectivity index (χ3v) is 7.78. The van der Waals surface area contributed by atoms with E-state index in [1.165, 1.54) is 22.6 Å². The van der Waals surface area contributed by atoms with Crippen molar-refractivity contribution in [3.8, 4) is 0 Å². The first-order valence-corrected chi connectivity index (χ1v) is 11.7. The van der Waals surface area contributed by atoms with Crippen LogP contribution in [0, 0.1) is 19.7 Å². The smallest absolute Gasteiger partial charge is 0.257 e. The summed E-state index contributed by atoms with van der Waals surface area (Å²) in [6.07, 6.45) is 2.67. The molecular weight excluding hydrogens is 423 g/mol. The molecule has 0 saturated carbocycles. The monoisotopic (exact) mass is 448 g/mol. The van der Waals surface area contributed by atoms with Gasteiger partial charge in [0.1, 0.15) is 11.6 Å². The van der Waals surface area contributed by atoms with E-state index in [0.717, 1.165) is 6.07 Å². The minimum Gasteiger partial charge on any atom is -0.378 e. The molecule has 1 atom stereocenters. The van der Waals surface area contributed by atoms with Crippen LogP contribution in [0.2, 0.25) is 0 Å². The van der Waals surface area contributed by atoms with Gasteiger partial charge in [0, 0.05) is 25.8 Å². The number of ether oxygens (including phenoxy) is 1. The van der Waals surface area contributed by atoms with E-state index in [0.29, 0.717) is 68.3 Å². The second kappa shape index (κ2) is 8.60. The van der Waals surface area contributed by atoms with E-state index in [2.05, 4.69) is 9.97 Å². The molecule has 0 N–H and O–H groups in total. The van der Waals surface area contributed by atoms with Crippen LogP contribution in [0.3, 0.4) is 0 Å². The normalized spacial score (nSPS) is 20.2. The van der Waals surface area contributed by atoms with Crippen LogP contribution < -0.4 is 0 Å². The number of nitrogens with zero attached hydrogens (tertiary/aromatic N) is 4. The fourth-order valence-corrected chi connectivity index (χ4v) is 6.04. The Morgan fingerprint density at radius 1 is 1.19 bits per heavy atom. The van der Waals surface area contributed by atoms with Gasteiger partial charge in [-0.15, -0.1) is 0 Å². The first-order chi connectivity index (χ1) is 14.8. The fourth-order valence-electron chi connectivity index (χ4n) is 4.17. The van der Waals surface area contributed by atoms with Crippen LogP contribution in [0.5, 0.6) is 0 Å². The molecule has 2 saturated heterocycles. The van der Waals surface area contributed by atoms with Gasteiger partial charge >= 0.3 is 0 Å². The van der Waals surface area contributed by atoms with Crippen molar-refractivity contribution < 1.29 is 22.3 Å². The predicted molar refractivity (Wildman–Crippen MR) is 110 cm³/mol. The summed E-state index contributed by atoms with van der Waals surface area (Å²) in [7, 11) is -3.90. The summed E-state index contributed by atoms with van der Waals surface area (Å²) in [6, 6.07) is 3.06. The molecule has 0 unspecified atom stereocenters. The standard InChI is InChI=1S/C21H25FN4O4S/c1-14-12-16(22)5-6-19(14)31(28,29)26-7-3-4-18(26)20-17(13-23-15(2)24-20)21(27)25-8-10-30-11-9-25/h5-6,12-13,18H,3-4,7-11H2,1-2H3/t18-/m1/s1. The average molecular weight is 449 g/mol. The van der Waals surface area contributed by atoms with Crippen molar-refractivity contribution in [2.45, 2.75) is 37.6 Å². The lowest BCUT2D eigenvalue weighted by Gasteiger charge is -2.29. The molecule has 10 heteroatoms. The van der Waals surface area contributed by atoms with Gasteiger partial charge in [0.2, 0.25) is 10.0 Å². The number of rotatable bonds is 4. The molecule has 2 fully saturated rings. The highest BCUT2D eigenvalue weighted by molar-refractivity contribution is 7.89. The Kier molecular flexibility index (Phi) is 6.05. The topological polar surface area (TPSA) is 92.7 Å². The maximum atomic E-state index is 13.5. The molecule has 31 heavy (non-hydrogen) atoms. The number of benzene rings is 1. The second-order valence-electron chi connectivity index (χ2n) is 7.80. The number of carbonyl (C=O) groups excluding carboxylic acids is 1. The molecule has 2 aromatic rings. The van der Waals surface area contributed by atoms with Crippen molar-refractivity contribution in [2.75, 3.05) is 32.8 Å². The summed E-state index contributed by atoms with van der Waals surface area (Å²) >= 11 is 0. The molecule has 1 amide bonds. The Morgan fingerprint density at radius 3 is 2.65 bits per heavy atom. The molecule has 1 aromatic carbocycles. The summed E-state index contributed by atoms with van der Waals surface area (Å²) in [5.74, 6) is -0.240. The molecule has 0 spiro atoms. The summed E-state index contributed by atoms with van der Waals surface area (Å²) in [6.45, 7) is 5.44.